The molecule has 2 atom stereocenters. The first-order valence-corrected chi connectivity index (χ1v) is 6.63. The van der Waals surface area contributed by atoms with Gasteiger partial charge in [0.25, 0.3) is 0 Å². The van der Waals surface area contributed by atoms with Crippen LogP contribution in [0.1, 0.15) is 19.4 Å². The normalized spacial score (nSPS) is 22.4. The molecule has 116 valence electrons. The van der Waals surface area contributed by atoms with Crippen LogP contribution < -0.4 is 0 Å². The Kier molecular flexibility index (Phi) is 4.27. The predicted octanol–water partition coefficient (Wildman–Crippen LogP) is 3.85. The van der Waals surface area contributed by atoms with Crippen LogP contribution in [0.5, 0.6) is 0 Å². The second-order valence-electron chi connectivity index (χ2n) is 5.72. The van der Waals surface area contributed by atoms with Crippen molar-refractivity contribution in [2.24, 2.45) is 17.3 Å². The molecule has 1 aliphatic rings. The maximum Gasteiger partial charge on any atom is 0.310 e. The van der Waals surface area contributed by atoms with E-state index in [1.54, 1.807) is 6.08 Å². The van der Waals surface area contributed by atoms with Crippen LogP contribution >= 0.6 is 0 Å². The van der Waals surface area contributed by atoms with E-state index in [0.717, 1.165) is 6.07 Å². The molecule has 1 fully saturated rings. The van der Waals surface area contributed by atoms with Gasteiger partial charge in [-0.2, -0.15) is 0 Å². The smallest absolute Gasteiger partial charge is 0.310 e. The summed E-state index contributed by atoms with van der Waals surface area (Å²) in [4.78, 5) is 15.1. The summed E-state index contributed by atoms with van der Waals surface area (Å²) in [6, 6.07) is 1.45. The van der Waals surface area contributed by atoms with Gasteiger partial charge in [-0.1, -0.05) is 19.9 Å². The van der Waals surface area contributed by atoms with E-state index in [4.69, 9.17) is 11.3 Å². The predicted molar refractivity (Wildman–Crippen MR) is 72.6 cm³/mol. The van der Waals surface area contributed by atoms with Crippen LogP contribution in [0.25, 0.3) is 4.85 Å². The van der Waals surface area contributed by atoms with Crippen molar-refractivity contribution in [2.45, 2.75) is 20.5 Å². The summed E-state index contributed by atoms with van der Waals surface area (Å²) in [6.07, 6.45) is 2.88. The molecule has 0 bridgehead atoms. The Morgan fingerprint density at radius 1 is 1.36 bits per heavy atom. The molecule has 0 N–H and O–H groups in total. The van der Waals surface area contributed by atoms with Gasteiger partial charge < -0.3 is 4.74 Å². The van der Waals surface area contributed by atoms with Crippen molar-refractivity contribution >= 4 is 5.97 Å². The number of ether oxygens (including phenoxy) is 1. The molecule has 0 saturated heterocycles. The number of carbonyl (C=O) groups excluding carboxylic acids is 1. The highest BCUT2D eigenvalue weighted by molar-refractivity contribution is 5.78. The number of esters is 1. The maximum absolute atomic E-state index is 13.5. The lowest BCUT2D eigenvalue weighted by molar-refractivity contribution is -0.147. The minimum atomic E-state index is -1.35. The number of nitrogens with zero attached hydrogens (tertiary/aromatic N) is 1. The molecule has 2 unspecified atom stereocenters. The zero-order valence-corrected chi connectivity index (χ0v) is 12.1. The summed E-state index contributed by atoms with van der Waals surface area (Å²) in [5, 5.41) is 0. The van der Waals surface area contributed by atoms with E-state index in [1.807, 2.05) is 13.8 Å². The molecular formula is C16H14F3NO2. The SMILES string of the molecule is [C-]#[N+]/C=C\C1C(C(=O)OCc2c(F)ccc(F)c2F)C1(C)C. The lowest BCUT2D eigenvalue weighted by Crippen LogP contribution is -2.12. The van der Waals surface area contributed by atoms with E-state index in [2.05, 4.69) is 4.85 Å². The zero-order chi connectivity index (χ0) is 16.5. The molecule has 3 nitrogen and oxygen atoms in total. The highest BCUT2D eigenvalue weighted by Gasteiger charge is 2.61. The minimum absolute atomic E-state index is 0.156. The fraction of sp³-hybridized carbons (Fsp3) is 0.375. The number of benzene rings is 1. The molecule has 0 amide bonds. The summed E-state index contributed by atoms with van der Waals surface area (Å²) in [5.74, 6) is -4.77. The number of hydrogen-bond donors (Lipinski definition) is 0. The zero-order valence-electron chi connectivity index (χ0n) is 12.1. The lowest BCUT2D eigenvalue weighted by Gasteiger charge is -2.08. The number of halogens is 3. The van der Waals surface area contributed by atoms with Crippen LogP contribution in [0.3, 0.4) is 0 Å². The van der Waals surface area contributed by atoms with Crippen molar-refractivity contribution in [1.82, 2.24) is 0 Å². The van der Waals surface area contributed by atoms with Gasteiger partial charge in [-0.15, -0.1) is 0 Å². The molecule has 1 saturated carbocycles. The van der Waals surface area contributed by atoms with Gasteiger partial charge in [0.1, 0.15) is 12.4 Å². The Morgan fingerprint density at radius 2 is 2.00 bits per heavy atom. The standard InChI is InChI=1S/C16H14F3NO2/c1-16(2)10(6-7-20-3)13(16)15(21)22-8-9-11(17)4-5-12(18)14(9)19/h4-7,10,13H,8H2,1-2H3/b7-6-. The van der Waals surface area contributed by atoms with Gasteiger partial charge >= 0.3 is 5.97 Å². The highest BCUT2D eigenvalue weighted by atomic mass is 19.2. The lowest BCUT2D eigenvalue weighted by atomic mass is 10.1. The van der Waals surface area contributed by atoms with E-state index in [0.29, 0.717) is 6.07 Å². The van der Waals surface area contributed by atoms with E-state index in [-0.39, 0.29) is 11.3 Å². The third-order valence-corrected chi connectivity index (χ3v) is 4.03. The van der Waals surface area contributed by atoms with Gasteiger partial charge in [0, 0.05) is 0 Å². The minimum Gasteiger partial charge on any atom is -0.460 e. The van der Waals surface area contributed by atoms with Crippen molar-refractivity contribution in [2.75, 3.05) is 0 Å². The molecule has 0 aromatic heterocycles. The third-order valence-electron chi connectivity index (χ3n) is 4.03. The van der Waals surface area contributed by atoms with Gasteiger partial charge in [0.05, 0.1) is 18.1 Å². The van der Waals surface area contributed by atoms with Crippen LogP contribution in [-0.4, -0.2) is 5.97 Å². The average molecular weight is 309 g/mol. The first kappa shape index (κ1) is 16.1. The summed E-state index contributed by atoms with van der Waals surface area (Å²) in [5.41, 5.74) is -0.989. The summed E-state index contributed by atoms with van der Waals surface area (Å²) in [6.45, 7) is 9.69. The molecule has 1 aromatic carbocycles. The van der Waals surface area contributed by atoms with Gasteiger partial charge in [-0.3, -0.25) is 4.79 Å². The topological polar surface area (TPSA) is 30.7 Å². The fourth-order valence-electron chi connectivity index (χ4n) is 2.56. The molecular weight excluding hydrogens is 295 g/mol. The second-order valence-corrected chi connectivity index (χ2v) is 5.72. The largest absolute Gasteiger partial charge is 0.460 e. The van der Waals surface area contributed by atoms with E-state index in [9.17, 15) is 18.0 Å². The maximum atomic E-state index is 13.5. The van der Waals surface area contributed by atoms with E-state index >= 15 is 0 Å². The van der Waals surface area contributed by atoms with Gasteiger partial charge in [-0.05, 0) is 23.5 Å². The number of allylic oxidation sites excluding steroid dienone is 1. The van der Waals surface area contributed by atoms with Gasteiger partial charge in [-0.25, -0.2) is 18.0 Å². The molecule has 0 radical (unpaired) electrons. The van der Waals surface area contributed by atoms with E-state index in [1.165, 1.54) is 6.20 Å². The van der Waals surface area contributed by atoms with Crippen molar-refractivity contribution in [3.05, 3.63) is 58.8 Å². The van der Waals surface area contributed by atoms with Crippen molar-refractivity contribution in [3.8, 4) is 0 Å². The molecule has 0 spiro atoms. The van der Waals surface area contributed by atoms with Crippen molar-refractivity contribution < 1.29 is 22.7 Å². The van der Waals surface area contributed by atoms with Crippen LogP contribution in [0.15, 0.2) is 24.4 Å². The number of rotatable bonds is 4. The van der Waals surface area contributed by atoms with Crippen LogP contribution in [0.2, 0.25) is 0 Å². The van der Waals surface area contributed by atoms with E-state index < -0.39 is 41.5 Å². The summed E-state index contributed by atoms with van der Waals surface area (Å²) < 4.78 is 44.9. The number of hydrogen-bond acceptors (Lipinski definition) is 2. The third kappa shape index (κ3) is 2.84. The molecule has 2 rings (SSSR count). The average Bonchev–Trinajstić information content (AvgIpc) is 3.02. The molecule has 1 aromatic rings. The molecule has 22 heavy (non-hydrogen) atoms. The molecule has 6 heteroatoms. The van der Waals surface area contributed by atoms with Crippen molar-refractivity contribution in [1.29, 1.82) is 0 Å². The quantitative estimate of drug-likeness (QED) is 0.480. The fourth-order valence-corrected chi connectivity index (χ4v) is 2.56. The van der Waals surface area contributed by atoms with Gasteiger partial charge in [0.15, 0.2) is 17.8 Å². The molecule has 1 aliphatic carbocycles. The Bertz CT molecular complexity index is 677. The van der Waals surface area contributed by atoms with Crippen molar-refractivity contribution in [3.63, 3.8) is 0 Å². The second kappa shape index (κ2) is 5.84. The highest BCUT2D eigenvalue weighted by Crippen LogP contribution is 2.59. The Labute approximate surface area is 126 Å². The summed E-state index contributed by atoms with van der Waals surface area (Å²) >= 11 is 0. The van der Waals surface area contributed by atoms with Crippen LogP contribution in [0, 0.1) is 41.3 Å². The van der Waals surface area contributed by atoms with Gasteiger partial charge in [0.2, 0.25) is 0 Å². The Balaban J connectivity index is 2.05. The Morgan fingerprint density at radius 3 is 2.64 bits per heavy atom. The van der Waals surface area contributed by atoms with Crippen LogP contribution in [0.4, 0.5) is 13.2 Å². The Hall–Kier alpha value is -2.29. The monoisotopic (exact) mass is 309 g/mol. The summed E-state index contributed by atoms with van der Waals surface area (Å²) in [7, 11) is 0. The first-order valence-electron chi connectivity index (χ1n) is 6.63. The molecule has 0 aliphatic heterocycles. The number of carbonyl (C=O) groups is 1. The molecule has 0 heterocycles. The van der Waals surface area contributed by atoms with Crippen LogP contribution in [-0.2, 0) is 16.1 Å². The first-order chi connectivity index (χ1) is 10.3.